The third-order valence-corrected chi connectivity index (χ3v) is 4.95. The Morgan fingerprint density at radius 3 is 2.81 bits per heavy atom. The lowest BCUT2D eigenvalue weighted by atomic mass is 10.1. The molecule has 1 aliphatic heterocycles. The topological polar surface area (TPSA) is 65.2 Å². The molecule has 6 heteroatoms. The van der Waals surface area contributed by atoms with Crippen molar-refractivity contribution < 1.29 is 4.79 Å². The number of rotatable bonds is 5. The lowest BCUT2D eigenvalue weighted by Gasteiger charge is -2.26. The van der Waals surface area contributed by atoms with Crippen LogP contribution in [-0.4, -0.2) is 51.7 Å². The molecule has 1 aliphatic rings. The summed E-state index contributed by atoms with van der Waals surface area (Å²) in [7, 11) is 0. The molecule has 0 bridgehead atoms. The van der Waals surface area contributed by atoms with Gasteiger partial charge in [0.05, 0.1) is 11.6 Å². The summed E-state index contributed by atoms with van der Waals surface area (Å²) in [4.78, 5) is 17.2. The molecule has 6 nitrogen and oxygen atoms in total. The first-order chi connectivity index (χ1) is 12.7. The van der Waals surface area contributed by atoms with E-state index in [1.54, 1.807) is 10.9 Å². The van der Waals surface area contributed by atoms with Crippen LogP contribution >= 0.6 is 0 Å². The van der Waals surface area contributed by atoms with Gasteiger partial charge in [-0.05, 0) is 30.5 Å². The van der Waals surface area contributed by atoms with Gasteiger partial charge < -0.3 is 4.90 Å². The van der Waals surface area contributed by atoms with Crippen LogP contribution in [0.1, 0.15) is 36.9 Å². The Labute approximate surface area is 154 Å². The largest absolute Gasteiger partial charge is 0.340 e. The van der Waals surface area contributed by atoms with Gasteiger partial charge in [-0.3, -0.25) is 14.4 Å². The van der Waals surface area contributed by atoms with Crippen molar-refractivity contribution in [1.82, 2.24) is 19.6 Å². The van der Waals surface area contributed by atoms with E-state index in [1.807, 2.05) is 48.4 Å². The van der Waals surface area contributed by atoms with Crippen molar-refractivity contribution in [2.75, 3.05) is 26.2 Å². The van der Waals surface area contributed by atoms with E-state index in [0.717, 1.165) is 50.1 Å². The van der Waals surface area contributed by atoms with Crippen LogP contribution in [0, 0.1) is 11.3 Å². The molecule has 1 unspecified atom stereocenters. The zero-order valence-electron chi connectivity index (χ0n) is 15.2. The Morgan fingerprint density at radius 2 is 2.08 bits per heavy atom. The first-order valence-corrected chi connectivity index (χ1v) is 9.21. The quantitative estimate of drug-likeness (QED) is 0.830. The molecule has 0 radical (unpaired) electrons. The van der Waals surface area contributed by atoms with Gasteiger partial charge in [-0.2, -0.15) is 10.4 Å². The van der Waals surface area contributed by atoms with Gasteiger partial charge in [-0.15, -0.1) is 0 Å². The molecule has 0 saturated carbocycles. The third kappa shape index (κ3) is 4.12. The first kappa shape index (κ1) is 18.2. The Kier molecular flexibility index (Phi) is 6.03. The van der Waals surface area contributed by atoms with Crippen LogP contribution in [0.2, 0.25) is 0 Å². The van der Waals surface area contributed by atoms with Gasteiger partial charge in [0.25, 0.3) is 0 Å². The van der Waals surface area contributed by atoms with Gasteiger partial charge in [0.1, 0.15) is 6.04 Å². The van der Waals surface area contributed by atoms with Gasteiger partial charge in [0.15, 0.2) is 0 Å². The zero-order valence-corrected chi connectivity index (χ0v) is 15.2. The molecule has 2 aromatic rings. The number of nitrogens with zero attached hydrogens (tertiary/aromatic N) is 5. The number of nitriles is 1. The summed E-state index contributed by atoms with van der Waals surface area (Å²) in [5.74, 6) is 0.149. The SMILES string of the molecule is CCC(C(=O)N1CCCN(Cc2ccccc2C#N)CC1)n1cccn1. The van der Waals surface area contributed by atoms with Crippen LogP contribution in [-0.2, 0) is 11.3 Å². The number of hydrogen-bond donors (Lipinski definition) is 0. The van der Waals surface area contributed by atoms with Gasteiger partial charge >= 0.3 is 0 Å². The number of aromatic nitrogens is 2. The van der Waals surface area contributed by atoms with Crippen molar-refractivity contribution in [3.05, 3.63) is 53.9 Å². The number of amides is 1. The maximum atomic E-state index is 12.9. The van der Waals surface area contributed by atoms with Crippen molar-refractivity contribution in [1.29, 1.82) is 5.26 Å². The van der Waals surface area contributed by atoms with E-state index in [2.05, 4.69) is 16.1 Å². The summed E-state index contributed by atoms with van der Waals surface area (Å²) in [6.45, 7) is 6.01. The Hall–Kier alpha value is -2.65. The number of carbonyl (C=O) groups is 1. The van der Waals surface area contributed by atoms with Crippen LogP contribution in [0.15, 0.2) is 42.7 Å². The second-order valence-electron chi connectivity index (χ2n) is 6.63. The fourth-order valence-corrected chi connectivity index (χ4v) is 3.51. The average molecular weight is 351 g/mol. The highest BCUT2D eigenvalue weighted by atomic mass is 16.2. The first-order valence-electron chi connectivity index (χ1n) is 9.21. The number of hydrogen-bond acceptors (Lipinski definition) is 4. The summed E-state index contributed by atoms with van der Waals surface area (Å²) >= 11 is 0. The maximum absolute atomic E-state index is 12.9. The van der Waals surface area contributed by atoms with E-state index in [4.69, 9.17) is 0 Å². The standard InChI is InChI=1S/C20H25N5O/c1-2-19(25-12-5-9-22-25)20(26)24-11-6-10-23(13-14-24)16-18-8-4-3-7-17(18)15-21/h3-5,7-9,12,19H,2,6,10-11,13-14,16H2,1H3. The highest BCUT2D eigenvalue weighted by Gasteiger charge is 2.26. The molecule has 1 saturated heterocycles. The average Bonchev–Trinajstić information content (AvgIpc) is 3.09. The Balaban J connectivity index is 1.63. The second-order valence-corrected chi connectivity index (χ2v) is 6.63. The molecule has 0 spiro atoms. The molecular weight excluding hydrogens is 326 g/mol. The summed E-state index contributed by atoms with van der Waals surface area (Å²) in [6, 6.07) is 11.6. The zero-order chi connectivity index (χ0) is 18.4. The molecule has 1 fully saturated rings. The van der Waals surface area contributed by atoms with Gasteiger partial charge in [-0.1, -0.05) is 25.1 Å². The fraction of sp³-hybridized carbons (Fsp3) is 0.450. The minimum atomic E-state index is -0.226. The van der Waals surface area contributed by atoms with E-state index in [9.17, 15) is 10.1 Å². The normalized spacial score (nSPS) is 16.7. The van der Waals surface area contributed by atoms with Crippen molar-refractivity contribution >= 4 is 5.91 Å². The molecule has 1 atom stereocenters. The monoisotopic (exact) mass is 351 g/mol. The molecule has 3 rings (SSSR count). The molecule has 26 heavy (non-hydrogen) atoms. The summed E-state index contributed by atoms with van der Waals surface area (Å²) in [6.07, 6.45) is 5.24. The molecule has 0 N–H and O–H groups in total. The third-order valence-electron chi connectivity index (χ3n) is 4.95. The van der Waals surface area contributed by atoms with E-state index >= 15 is 0 Å². The van der Waals surface area contributed by atoms with Gasteiger partial charge in [0, 0.05) is 45.1 Å². The van der Waals surface area contributed by atoms with Crippen molar-refractivity contribution in [2.45, 2.75) is 32.4 Å². The Morgan fingerprint density at radius 1 is 1.23 bits per heavy atom. The lowest BCUT2D eigenvalue weighted by Crippen LogP contribution is -2.39. The summed E-state index contributed by atoms with van der Waals surface area (Å²) in [5.41, 5.74) is 1.78. The van der Waals surface area contributed by atoms with E-state index in [0.29, 0.717) is 6.54 Å². The summed E-state index contributed by atoms with van der Waals surface area (Å²) < 4.78 is 1.76. The van der Waals surface area contributed by atoms with E-state index in [1.165, 1.54) is 0 Å². The number of carbonyl (C=O) groups excluding carboxylic acids is 1. The highest BCUT2D eigenvalue weighted by molar-refractivity contribution is 5.80. The molecule has 2 heterocycles. The van der Waals surface area contributed by atoms with Crippen molar-refractivity contribution in [3.8, 4) is 6.07 Å². The van der Waals surface area contributed by atoms with E-state index in [-0.39, 0.29) is 11.9 Å². The lowest BCUT2D eigenvalue weighted by molar-refractivity contribution is -0.135. The van der Waals surface area contributed by atoms with Crippen LogP contribution < -0.4 is 0 Å². The van der Waals surface area contributed by atoms with Crippen LogP contribution in [0.3, 0.4) is 0 Å². The predicted molar refractivity (Wildman–Crippen MR) is 99.2 cm³/mol. The summed E-state index contributed by atoms with van der Waals surface area (Å²) in [5, 5.41) is 13.5. The van der Waals surface area contributed by atoms with Crippen LogP contribution in [0.5, 0.6) is 0 Å². The van der Waals surface area contributed by atoms with Crippen LogP contribution in [0.4, 0.5) is 0 Å². The van der Waals surface area contributed by atoms with Gasteiger partial charge in [0.2, 0.25) is 5.91 Å². The molecular formula is C20H25N5O. The van der Waals surface area contributed by atoms with Crippen LogP contribution in [0.25, 0.3) is 0 Å². The molecule has 1 amide bonds. The molecule has 1 aromatic heterocycles. The Bertz CT molecular complexity index is 765. The highest BCUT2D eigenvalue weighted by Crippen LogP contribution is 2.17. The predicted octanol–water partition coefficient (Wildman–Crippen LogP) is 2.44. The fourth-order valence-electron chi connectivity index (χ4n) is 3.51. The molecule has 136 valence electrons. The van der Waals surface area contributed by atoms with E-state index < -0.39 is 0 Å². The van der Waals surface area contributed by atoms with Crippen molar-refractivity contribution in [2.24, 2.45) is 0 Å². The second kappa shape index (κ2) is 8.63. The smallest absolute Gasteiger partial charge is 0.247 e. The minimum absolute atomic E-state index is 0.149. The maximum Gasteiger partial charge on any atom is 0.247 e. The van der Waals surface area contributed by atoms with Crippen molar-refractivity contribution in [3.63, 3.8) is 0 Å². The van der Waals surface area contributed by atoms with Gasteiger partial charge in [-0.25, -0.2) is 0 Å². The number of benzene rings is 1. The minimum Gasteiger partial charge on any atom is -0.340 e. The molecule has 0 aliphatic carbocycles. The molecule has 1 aromatic carbocycles.